The molecule has 35 heavy (non-hydrogen) atoms. The topological polar surface area (TPSA) is 49.4 Å². The van der Waals surface area contributed by atoms with Crippen molar-refractivity contribution in [3.05, 3.63) is 89.0 Å². The van der Waals surface area contributed by atoms with E-state index >= 15 is 0 Å². The van der Waals surface area contributed by atoms with E-state index in [0.29, 0.717) is 42.7 Å². The van der Waals surface area contributed by atoms with Gasteiger partial charge in [0.25, 0.3) is 5.91 Å². The molecule has 0 radical (unpaired) electrons. The molecule has 0 spiro atoms. The molecule has 0 unspecified atom stereocenters. The van der Waals surface area contributed by atoms with Crippen molar-refractivity contribution in [2.75, 3.05) is 11.9 Å². The van der Waals surface area contributed by atoms with Gasteiger partial charge < -0.3 is 10.2 Å². The number of rotatable bonds is 5. The molecule has 4 rings (SSSR count). The standard InChI is InChI=1S/C28H27F3N2O2/c1-18(2)14-26(34)33-13-12-20-15-23(10-8-21(20)17-33)32-27(35)25-16-22(28(29,30)31)9-11-24(25)19-6-4-3-5-7-19/h3-11,15-16,18H,12-14,17H2,1-2H3,(H,32,35). The molecule has 3 aromatic carbocycles. The molecule has 0 aromatic heterocycles. The number of anilines is 1. The molecule has 1 aliphatic heterocycles. The maximum atomic E-state index is 13.4. The summed E-state index contributed by atoms with van der Waals surface area (Å²) < 4.78 is 40.1. The first-order valence-corrected chi connectivity index (χ1v) is 11.6. The molecule has 1 N–H and O–H groups in total. The van der Waals surface area contributed by atoms with Crippen LogP contribution in [0.15, 0.2) is 66.7 Å². The van der Waals surface area contributed by atoms with Crippen LogP contribution < -0.4 is 5.32 Å². The lowest BCUT2D eigenvalue weighted by molar-refractivity contribution is -0.137. The van der Waals surface area contributed by atoms with Crippen LogP contribution in [0.4, 0.5) is 18.9 Å². The van der Waals surface area contributed by atoms with Gasteiger partial charge in [-0.1, -0.05) is 56.3 Å². The lowest BCUT2D eigenvalue weighted by Crippen LogP contribution is -2.36. The van der Waals surface area contributed by atoms with Crippen LogP contribution in [0.25, 0.3) is 11.1 Å². The smallest absolute Gasteiger partial charge is 0.338 e. The number of carbonyl (C=O) groups excluding carboxylic acids is 2. The molecule has 0 saturated heterocycles. The van der Waals surface area contributed by atoms with E-state index in [9.17, 15) is 22.8 Å². The molecule has 1 heterocycles. The summed E-state index contributed by atoms with van der Waals surface area (Å²) in [5.41, 5.74) is 2.69. The second-order valence-electron chi connectivity index (χ2n) is 9.23. The van der Waals surface area contributed by atoms with E-state index in [4.69, 9.17) is 0 Å². The number of nitrogens with zero attached hydrogens (tertiary/aromatic N) is 1. The number of carbonyl (C=O) groups is 2. The number of amides is 2. The molecule has 0 atom stereocenters. The van der Waals surface area contributed by atoms with Crippen molar-refractivity contribution in [3.8, 4) is 11.1 Å². The highest BCUT2D eigenvalue weighted by atomic mass is 19.4. The number of nitrogens with one attached hydrogen (secondary N) is 1. The predicted molar refractivity (Wildman–Crippen MR) is 130 cm³/mol. The Morgan fingerprint density at radius 2 is 1.71 bits per heavy atom. The van der Waals surface area contributed by atoms with E-state index in [0.717, 1.165) is 23.3 Å². The zero-order valence-electron chi connectivity index (χ0n) is 19.7. The maximum Gasteiger partial charge on any atom is 0.416 e. The Bertz CT molecular complexity index is 1240. The zero-order valence-corrected chi connectivity index (χ0v) is 19.7. The number of alkyl halides is 3. The van der Waals surface area contributed by atoms with Gasteiger partial charge in [0, 0.05) is 30.8 Å². The number of fused-ring (bicyclic) bond motifs is 1. The Kier molecular flexibility index (Phi) is 6.96. The summed E-state index contributed by atoms with van der Waals surface area (Å²) in [7, 11) is 0. The van der Waals surface area contributed by atoms with E-state index in [-0.39, 0.29) is 17.4 Å². The average molecular weight is 481 g/mol. The van der Waals surface area contributed by atoms with Gasteiger partial charge >= 0.3 is 6.18 Å². The molecule has 3 aromatic rings. The molecular formula is C28H27F3N2O2. The second kappa shape index (κ2) is 9.94. The van der Waals surface area contributed by atoms with E-state index in [2.05, 4.69) is 5.32 Å². The van der Waals surface area contributed by atoms with Crippen LogP contribution in [-0.4, -0.2) is 23.3 Å². The molecule has 2 amide bonds. The van der Waals surface area contributed by atoms with E-state index in [1.807, 2.05) is 30.9 Å². The molecular weight excluding hydrogens is 453 g/mol. The van der Waals surface area contributed by atoms with Gasteiger partial charge in [-0.05, 0) is 58.9 Å². The number of benzene rings is 3. The molecule has 0 aliphatic carbocycles. The first-order chi connectivity index (χ1) is 16.6. The highest BCUT2D eigenvalue weighted by Crippen LogP contribution is 2.34. The minimum absolute atomic E-state index is 0.0470. The molecule has 0 bridgehead atoms. The molecule has 182 valence electrons. The van der Waals surface area contributed by atoms with Gasteiger partial charge in [-0.25, -0.2) is 0 Å². The van der Waals surface area contributed by atoms with Crippen LogP contribution in [0.1, 0.15) is 47.3 Å². The van der Waals surface area contributed by atoms with Crippen LogP contribution >= 0.6 is 0 Å². The van der Waals surface area contributed by atoms with Gasteiger partial charge in [0.15, 0.2) is 0 Å². The van der Waals surface area contributed by atoms with Crippen molar-refractivity contribution in [1.29, 1.82) is 0 Å². The Morgan fingerprint density at radius 3 is 2.40 bits per heavy atom. The predicted octanol–water partition coefficient (Wildman–Crippen LogP) is 6.56. The van der Waals surface area contributed by atoms with Crippen molar-refractivity contribution in [3.63, 3.8) is 0 Å². The molecule has 4 nitrogen and oxygen atoms in total. The SMILES string of the molecule is CC(C)CC(=O)N1CCc2cc(NC(=O)c3cc(C(F)(F)F)ccc3-c3ccccc3)ccc2C1. The van der Waals surface area contributed by atoms with Gasteiger partial charge in [-0.3, -0.25) is 9.59 Å². The van der Waals surface area contributed by atoms with E-state index < -0.39 is 17.6 Å². The van der Waals surface area contributed by atoms with Crippen LogP contribution in [0.2, 0.25) is 0 Å². The van der Waals surface area contributed by atoms with Crippen molar-refractivity contribution in [1.82, 2.24) is 4.90 Å². The third kappa shape index (κ3) is 5.73. The zero-order chi connectivity index (χ0) is 25.2. The molecule has 7 heteroatoms. The van der Waals surface area contributed by atoms with Crippen LogP contribution in [0.3, 0.4) is 0 Å². The second-order valence-corrected chi connectivity index (χ2v) is 9.23. The largest absolute Gasteiger partial charge is 0.416 e. The van der Waals surface area contributed by atoms with Crippen LogP contribution in [-0.2, 0) is 23.9 Å². The van der Waals surface area contributed by atoms with Crippen molar-refractivity contribution in [2.45, 2.75) is 39.4 Å². The fraction of sp³-hybridized carbons (Fsp3) is 0.286. The van der Waals surface area contributed by atoms with E-state index in [1.165, 1.54) is 6.07 Å². The van der Waals surface area contributed by atoms with Gasteiger partial charge in [-0.15, -0.1) is 0 Å². The Hall–Kier alpha value is -3.61. The fourth-order valence-electron chi connectivity index (χ4n) is 4.30. The van der Waals surface area contributed by atoms with Crippen molar-refractivity contribution in [2.24, 2.45) is 5.92 Å². The summed E-state index contributed by atoms with van der Waals surface area (Å²) in [4.78, 5) is 27.4. The minimum atomic E-state index is -4.56. The molecule has 0 saturated carbocycles. The summed E-state index contributed by atoms with van der Waals surface area (Å²) in [5, 5.41) is 2.77. The van der Waals surface area contributed by atoms with Gasteiger partial charge in [0.05, 0.1) is 5.56 Å². The highest BCUT2D eigenvalue weighted by Gasteiger charge is 2.32. The fourth-order valence-corrected chi connectivity index (χ4v) is 4.30. The quantitative estimate of drug-likeness (QED) is 0.450. The Labute approximate surface area is 202 Å². The first kappa shape index (κ1) is 24.5. The summed E-state index contributed by atoms with van der Waals surface area (Å²) in [5.74, 6) is -0.196. The van der Waals surface area contributed by atoms with Gasteiger partial charge in [0.2, 0.25) is 5.91 Å². The first-order valence-electron chi connectivity index (χ1n) is 11.6. The minimum Gasteiger partial charge on any atom is -0.338 e. The average Bonchev–Trinajstić information content (AvgIpc) is 2.83. The molecule has 1 aliphatic rings. The summed E-state index contributed by atoms with van der Waals surface area (Å²) in [6.07, 6.45) is -3.40. The Balaban J connectivity index is 1.58. The van der Waals surface area contributed by atoms with E-state index in [1.54, 1.807) is 36.4 Å². The van der Waals surface area contributed by atoms with Gasteiger partial charge in [0.1, 0.15) is 0 Å². The van der Waals surface area contributed by atoms with Crippen molar-refractivity contribution >= 4 is 17.5 Å². The Morgan fingerprint density at radius 1 is 0.971 bits per heavy atom. The summed E-state index contributed by atoms with van der Waals surface area (Å²) in [6.45, 7) is 5.14. The number of halogens is 3. The lowest BCUT2D eigenvalue weighted by Gasteiger charge is -2.30. The highest BCUT2D eigenvalue weighted by molar-refractivity contribution is 6.09. The molecule has 0 fully saturated rings. The number of hydrogen-bond acceptors (Lipinski definition) is 2. The lowest BCUT2D eigenvalue weighted by atomic mass is 9.96. The normalized spacial score (nSPS) is 13.5. The van der Waals surface area contributed by atoms with Crippen molar-refractivity contribution < 1.29 is 22.8 Å². The summed E-state index contributed by atoms with van der Waals surface area (Å²) in [6, 6.07) is 17.5. The third-order valence-electron chi connectivity index (χ3n) is 6.09. The van der Waals surface area contributed by atoms with Crippen LogP contribution in [0, 0.1) is 5.92 Å². The number of hydrogen-bond donors (Lipinski definition) is 1. The van der Waals surface area contributed by atoms with Gasteiger partial charge in [-0.2, -0.15) is 13.2 Å². The summed E-state index contributed by atoms with van der Waals surface area (Å²) >= 11 is 0. The monoisotopic (exact) mass is 480 g/mol. The third-order valence-corrected chi connectivity index (χ3v) is 6.09. The van der Waals surface area contributed by atoms with Crippen LogP contribution in [0.5, 0.6) is 0 Å². The maximum absolute atomic E-state index is 13.4.